The molecule has 0 bridgehead atoms. The summed E-state index contributed by atoms with van der Waals surface area (Å²) in [6.07, 6.45) is 0.299. The third-order valence-corrected chi connectivity index (χ3v) is 3.76. The van der Waals surface area contributed by atoms with Gasteiger partial charge in [0.25, 0.3) is 0 Å². The Hall–Kier alpha value is -1.39. The number of hydrogen-bond acceptors (Lipinski definition) is 3. The van der Waals surface area contributed by atoms with Crippen LogP contribution in [0.4, 0.5) is 0 Å². The molecule has 19 heavy (non-hydrogen) atoms. The van der Waals surface area contributed by atoms with Crippen LogP contribution in [0.5, 0.6) is 0 Å². The fraction of sp³-hybridized carbons (Fsp3) is 0.533. The number of nitrogens with one attached hydrogen (secondary N) is 1. The van der Waals surface area contributed by atoms with Gasteiger partial charge >= 0.3 is 0 Å². The van der Waals surface area contributed by atoms with E-state index in [1.165, 1.54) is 11.1 Å². The van der Waals surface area contributed by atoms with E-state index < -0.39 is 0 Å². The maximum Gasteiger partial charge on any atom is 0.122 e. The number of morpholine rings is 1. The smallest absolute Gasteiger partial charge is 0.122 e. The molecule has 1 saturated heterocycles. The molecule has 0 saturated carbocycles. The van der Waals surface area contributed by atoms with Gasteiger partial charge in [0.15, 0.2) is 0 Å². The third kappa shape index (κ3) is 3.33. The summed E-state index contributed by atoms with van der Waals surface area (Å²) in [6, 6.07) is 6.45. The molecule has 0 aromatic heterocycles. The largest absolute Gasteiger partial charge is 0.384 e. The Balaban J connectivity index is 2.12. The summed E-state index contributed by atoms with van der Waals surface area (Å²) in [5, 5.41) is 7.46. The highest BCUT2D eigenvalue weighted by atomic mass is 16.5. The van der Waals surface area contributed by atoms with E-state index >= 15 is 0 Å². The van der Waals surface area contributed by atoms with Gasteiger partial charge in [-0.3, -0.25) is 10.3 Å². The van der Waals surface area contributed by atoms with Gasteiger partial charge < -0.3 is 10.5 Å². The molecule has 0 spiro atoms. The van der Waals surface area contributed by atoms with Crippen molar-refractivity contribution in [2.75, 3.05) is 13.2 Å². The molecule has 1 aromatic rings. The van der Waals surface area contributed by atoms with Gasteiger partial charge in [-0.05, 0) is 38.0 Å². The van der Waals surface area contributed by atoms with Crippen molar-refractivity contribution in [3.8, 4) is 0 Å². The molecule has 4 heteroatoms. The van der Waals surface area contributed by atoms with Crippen LogP contribution in [0.25, 0.3) is 0 Å². The average molecular weight is 261 g/mol. The zero-order valence-corrected chi connectivity index (χ0v) is 11.9. The first kappa shape index (κ1) is 14.0. The highest BCUT2D eigenvalue weighted by Crippen LogP contribution is 2.18. The Morgan fingerprint density at radius 1 is 1.47 bits per heavy atom. The summed E-state index contributed by atoms with van der Waals surface area (Å²) in [4.78, 5) is 2.45. The fourth-order valence-electron chi connectivity index (χ4n) is 2.45. The number of amidine groups is 1. The van der Waals surface area contributed by atoms with E-state index in [1.54, 1.807) is 0 Å². The van der Waals surface area contributed by atoms with E-state index in [1.807, 2.05) is 12.1 Å². The first-order valence-electron chi connectivity index (χ1n) is 6.77. The van der Waals surface area contributed by atoms with E-state index in [0.29, 0.717) is 12.1 Å². The Kier molecular flexibility index (Phi) is 4.22. The van der Waals surface area contributed by atoms with Gasteiger partial charge in [-0.1, -0.05) is 12.1 Å². The predicted octanol–water partition coefficient (Wildman–Crippen LogP) is 1.89. The van der Waals surface area contributed by atoms with Crippen LogP contribution >= 0.6 is 0 Å². The average Bonchev–Trinajstić information content (AvgIpc) is 2.36. The summed E-state index contributed by atoms with van der Waals surface area (Å²) < 4.78 is 5.65. The van der Waals surface area contributed by atoms with Crippen molar-refractivity contribution < 1.29 is 4.74 Å². The van der Waals surface area contributed by atoms with E-state index in [4.69, 9.17) is 15.9 Å². The Bertz CT molecular complexity index is 472. The number of nitrogens with zero attached hydrogens (tertiary/aromatic N) is 1. The lowest BCUT2D eigenvalue weighted by atomic mass is 10.0. The number of hydrogen-bond donors (Lipinski definition) is 2. The van der Waals surface area contributed by atoms with Gasteiger partial charge in [-0.25, -0.2) is 0 Å². The maximum absolute atomic E-state index is 7.46. The second-order valence-corrected chi connectivity index (χ2v) is 5.48. The standard InChI is InChI=1S/C15H23N3O/c1-10-6-13(15(16)17)4-5-14(10)8-18-7-12(3)19-9-11(18)2/h4-6,11-12H,7-9H2,1-3H3,(H3,16,17). The molecule has 1 heterocycles. The number of nitrogens with two attached hydrogens (primary N) is 1. The molecule has 0 amide bonds. The molecule has 2 atom stereocenters. The van der Waals surface area contributed by atoms with Gasteiger partial charge in [-0.2, -0.15) is 0 Å². The molecule has 1 aromatic carbocycles. The van der Waals surface area contributed by atoms with Gasteiger partial charge in [0, 0.05) is 24.7 Å². The fourth-order valence-corrected chi connectivity index (χ4v) is 2.45. The van der Waals surface area contributed by atoms with E-state index in [9.17, 15) is 0 Å². The van der Waals surface area contributed by atoms with E-state index in [2.05, 4.69) is 31.7 Å². The highest BCUT2D eigenvalue weighted by Gasteiger charge is 2.23. The first-order chi connectivity index (χ1) is 8.97. The predicted molar refractivity (Wildman–Crippen MR) is 77.5 cm³/mol. The summed E-state index contributed by atoms with van der Waals surface area (Å²) in [5.74, 6) is 0.128. The molecule has 0 radical (unpaired) electrons. The van der Waals surface area contributed by atoms with E-state index in [-0.39, 0.29) is 5.84 Å². The van der Waals surface area contributed by atoms with Crippen LogP contribution in [0, 0.1) is 12.3 Å². The molecule has 1 fully saturated rings. The lowest BCUT2D eigenvalue weighted by molar-refractivity contribution is -0.0527. The molecule has 1 aliphatic heterocycles. The topological polar surface area (TPSA) is 62.3 Å². The molecular weight excluding hydrogens is 238 g/mol. The van der Waals surface area contributed by atoms with Crippen LogP contribution in [-0.4, -0.2) is 36.0 Å². The van der Waals surface area contributed by atoms with Crippen LogP contribution in [0.1, 0.15) is 30.5 Å². The number of rotatable bonds is 3. The van der Waals surface area contributed by atoms with Crippen molar-refractivity contribution in [1.82, 2.24) is 4.90 Å². The normalized spacial score (nSPS) is 24.4. The minimum Gasteiger partial charge on any atom is -0.384 e. The number of ether oxygens (including phenoxy) is 1. The lowest BCUT2D eigenvalue weighted by Gasteiger charge is -2.37. The summed E-state index contributed by atoms with van der Waals surface area (Å²) >= 11 is 0. The van der Waals surface area contributed by atoms with Gasteiger partial charge in [0.1, 0.15) is 5.84 Å². The minimum absolute atomic E-state index is 0.128. The molecule has 104 valence electrons. The maximum atomic E-state index is 7.46. The third-order valence-electron chi connectivity index (χ3n) is 3.76. The Morgan fingerprint density at radius 2 is 2.21 bits per heavy atom. The zero-order valence-electron chi connectivity index (χ0n) is 11.9. The number of aryl methyl sites for hydroxylation is 1. The Labute approximate surface area is 115 Å². The summed E-state index contributed by atoms with van der Waals surface area (Å²) in [7, 11) is 0. The molecular formula is C15H23N3O. The van der Waals surface area contributed by atoms with Crippen LogP contribution in [-0.2, 0) is 11.3 Å². The second kappa shape index (κ2) is 5.72. The Morgan fingerprint density at radius 3 is 2.84 bits per heavy atom. The SMILES string of the molecule is Cc1cc(C(=N)N)ccc1CN1CC(C)OCC1C. The first-order valence-corrected chi connectivity index (χ1v) is 6.77. The van der Waals surface area contributed by atoms with Crippen molar-refractivity contribution in [1.29, 1.82) is 5.41 Å². The van der Waals surface area contributed by atoms with Crippen LogP contribution in [0.15, 0.2) is 18.2 Å². The summed E-state index contributed by atoms with van der Waals surface area (Å²) in [5.41, 5.74) is 8.80. The molecule has 1 aliphatic rings. The highest BCUT2D eigenvalue weighted by molar-refractivity contribution is 5.95. The number of nitrogen functional groups attached to an aromatic ring is 1. The van der Waals surface area contributed by atoms with Crippen LogP contribution in [0.2, 0.25) is 0 Å². The monoisotopic (exact) mass is 261 g/mol. The van der Waals surface area contributed by atoms with Crippen molar-refractivity contribution in [2.45, 2.75) is 39.5 Å². The van der Waals surface area contributed by atoms with Gasteiger partial charge in [0.2, 0.25) is 0 Å². The molecule has 0 aliphatic carbocycles. The van der Waals surface area contributed by atoms with Gasteiger partial charge in [-0.15, -0.1) is 0 Å². The van der Waals surface area contributed by atoms with Crippen molar-refractivity contribution in [2.24, 2.45) is 5.73 Å². The molecule has 3 N–H and O–H groups in total. The van der Waals surface area contributed by atoms with Crippen LogP contribution < -0.4 is 5.73 Å². The lowest BCUT2D eigenvalue weighted by Crippen LogP contribution is -2.46. The minimum atomic E-state index is 0.128. The van der Waals surface area contributed by atoms with E-state index in [0.717, 1.165) is 25.3 Å². The van der Waals surface area contributed by atoms with Gasteiger partial charge in [0.05, 0.1) is 12.7 Å². The molecule has 4 nitrogen and oxygen atoms in total. The van der Waals surface area contributed by atoms with Crippen molar-refractivity contribution in [3.05, 3.63) is 34.9 Å². The second-order valence-electron chi connectivity index (χ2n) is 5.48. The van der Waals surface area contributed by atoms with Crippen LogP contribution in [0.3, 0.4) is 0 Å². The number of benzene rings is 1. The molecule has 2 rings (SSSR count). The van der Waals surface area contributed by atoms with Crippen molar-refractivity contribution in [3.63, 3.8) is 0 Å². The molecule has 2 unspecified atom stereocenters. The zero-order chi connectivity index (χ0) is 14.0. The van der Waals surface area contributed by atoms with Crippen molar-refractivity contribution >= 4 is 5.84 Å². The quantitative estimate of drug-likeness (QED) is 0.645. The summed E-state index contributed by atoms with van der Waals surface area (Å²) in [6.45, 7) is 9.09.